The lowest BCUT2D eigenvalue weighted by atomic mass is 9.96. The third kappa shape index (κ3) is 14.6. The SMILES string of the molecule is CCCCCCCCC(C)CCCCCCCCC(=O)OCc1cccnc1. The molecule has 0 saturated heterocycles. The number of carbonyl (C=O) groups is 1. The Labute approximate surface area is 173 Å². The smallest absolute Gasteiger partial charge is 0.306 e. The van der Waals surface area contributed by atoms with Crippen molar-refractivity contribution in [3.63, 3.8) is 0 Å². The van der Waals surface area contributed by atoms with Crippen LogP contribution in [0.2, 0.25) is 0 Å². The molecule has 0 aromatic carbocycles. The first kappa shape index (κ1) is 24.7. The van der Waals surface area contributed by atoms with E-state index in [0.29, 0.717) is 13.0 Å². The van der Waals surface area contributed by atoms with Gasteiger partial charge in [-0.05, 0) is 18.4 Å². The Balaban J connectivity index is 1.83. The van der Waals surface area contributed by atoms with E-state index in [1.165, 1.54) is 77.0 Å². The minimum Gasteiger partial charge on any atom is -0.461 e. The summed E-state index contributed by atoms with van der Waals surface area (Å²) < 4.78 is 5.28. The molecule has 0 aliphatic rings. The monoisotopic (exact) mass is 389 g/mol. The summed E-state index contributed by atoms with van der Waals surface area (Å²) in [5.74, 6) is 0.799. The molecule has 1 unspecified atom stereocenters. The molecule has 1 rings (SSSR count). The average Bonchev–Trinajstić information content (AvgIpc) is 2.71. The quantitative estimate of drug-likeness (QED) is 0.191. The maximum Gasteiger partial charge on any atom is 0.306 e. The normalized spacial score (nSPS) is 12.1. The predicted octanol–water partition coefficient (Wildman–Crippen LogP) is 7.63. The number of hydrogen-bond acceptors (Lipinski definition) is 3. The van der Waals surface area contributed by atoms with Gasteiger partial charge in [0.05, 0.1) is 0 Å². The third-order valence-corrected chi connectivity index (χ3v) is 5.50. The largest absolute Gasteiger partial charge is 0.461 e. The maximum atomic E-state index is 11.7. The van der Waals surface area contributed by atoms with Crippen LogP contribution in [0.1, 0.15) is 116 Å². The lowest BCUT2D eigenvalue weighted by Crippen LogP contribution is -2.04. The number of pyridine rings is 1. The Morgan fingerprint density at radius 3 is 2.14 bits per heavy atom. The van der Waals surface area contributed by atoms with Gasteiger partial charge >= 0.3 is 5.97 Å². The Kier molecular flexibility index (Phi) is 15.6. The van der Waals surface area contributed by atoms with E-state index in [1.54, 1.807) is 12.4 Å². The minimum atomic E-state index is -0.0904. The van der Waals surface area contributed by atoms with Crippen molar-refractivity contribution < 1.29 is 9.53 Å². The number of ether oxygens (including phenoxy) is 1. The molecule has 1 aromatic heterocycles. The van der Waals surface area contributed by atoms with E-state index in [9.17, 15) is 4.79 Å². The van der Waals surface area contributed by atoms with Crippen molar-refractivity contribution in [1.29, 1.82) is 0 Å². The molecule has 0 amide bonds. The van der Waals surface area contributed by atoms with Crippen molar-refractivity contribution in [3.8, 4) is 0 Å². The van der Waals surface area contributed by atoms with Crippen LogP contribution in [0.15, 0.2) is 24.5 Å². The van der Waals surface area contributed by atoms with E-state index >= 15 is 0 Å². The highest BCUT2D eigenvalue weighted by Gasteiger charge is 2.04. The lowest BCUT2D eigenvalue weighted by molar-refractivity contribution is -0.145. The number of aromatic nitrogens is 1. The Bertz CT molecular complexity index is 475. The molecule has 0 aliphatic heterocycles. The van der Waals surface area contributed by atoms with E-state index in [0.717, 1.165) is 24.3 Å². The molecule has 0 radical (unpaired) electrons. The fourth-order valence-corrected chi connectivity index (χ4v) is 3.61. The number of carbonyl (C=O) groups excluding carboxylic acids is 1. The summed E-state index contributed by atoms with van der Waals surface area (Å²) in [5, 5.41) is 0. The van der Waals surface area contributed by atoms with Gasteiger partial charge in [-0.3, -0.25) is 9.78 Å². The van der Waals surface area contributed by atoms with Gasteiger partial charge in [-0.15, -0.1) is 0 Å². The van der Waals surface area contributed by atoms with Crippen LogP contribution in [0.25, 0.3) is 0 Å². The Hall–Kier alpha value is -1.38. The van der Waals surface area contributed by atoms with Gasteiger partial charge in [0.2, 0.25) is 0 Å². The number of esters is 1. The van der Waals surface area contributed by atoms with Gasteiger partial charge in [0, 0.05) is 24.4 Å². The molecule has 1 atom stereocenters. The van der Waals surface area contributed by atoms with Crippen molar-refractivity contribution in [2.75, 3.05) is 0 Å². The van der Waals surface area contributed by atoms with Gasteiger partial charge in [-0.25, -0.2) is 0 Å². The molecule has 0 aliphatic carbocycles. The molecule has 3 heteroatoms. The fraction of sp³-hybridized carbons (Fsp3) is 0.760. The molecular formula is C25H43NO2. The second-order valence-corrected chi connectivity index (χ2v) is 8.34. The first-order chi connectivity index (χ1) is 13.7. The highest BCUT2D eigenvalue weighted by Crippen LogP contribution is 2.18. The zero-order chi connectivity index (χ0) is 20.3. The first-order valence-corrected chi connectivity index (χ1v) is 11.8. The molecule has 0 spiro atoms. The second-order valence-electron chi connectivity index (χ2n) is 8.34. The molecule has 1 heterocycles. The van der Waals surface area contributed by atoms with Crippen LogP contribution in [-0.2, 0) is 16.1 Å². The summed E-state index contributed by atoms with van der Waals surface area (Å²) in [6, 6.07) is 3.79. The number of unbranched alkanes of at least 4 members (excludes halogenated alkanes) is 10. The molecule has 160 valence electrons. The van der Waals surface area contributed by atoms with Crippen LogP contribution >= 0.6 is 0 Å². The van der Waals surface area contributed by atoms with Crippen molar-refractivity contribution in [3.05, 3.63) is 30.1 Å². The van der Waals surface area contributed by atoms with Gasteiger partial charge in [0.15, 0.2) is 0 Å². The maximum absolute atomic E-state index is 11.7. The number of nitrogens with zero attached hydrogens (tertiary/aromatic N) is 1. The molecule has 0 saturated carbocycles. The second kappa shape index (κ2) is 17.7. The highest BCUT2D eigenvalue weighted by atomic mass is 16.5. The topological polar surface area (TPSA) is 39.2 Å². The zero-order valence-electron chi connectivity index (χ0n) is 18.5. The summed E-state index contributed by atoms with van der Waals surface area (Å²) in [5.41, 5.74) is 0.946. The molecule has 28 heavy (non-hydrogen) atoms. The summed E-state index contributed by atoms with van der Waals surface area (Å²) in [6.45, 7) is 5.04. The van der Waals surface area contributed by atoms with Crippen molar-refractivity contribution >= 4 is 5.97 Å². The first-order valence-electron chi connectivity index (χ1n) is 11.8. The Morgan fingerprint density at radius 2 is 1.54 bits per heavy atom. The van der Waals surface area contributed by atoms with Crippen LogP contribution in [-0.4, -0.2) is 11.0 Å². The summed E-state index contributed by atoms with van der Waals surface area (Å²) >= 11 is 0. The van der Waals surface area contributed by atoms with Crippen LogP contribution in [0.3, 0.4) is 0 Å². The van der Waals surface area contributed by atoms with Crippen molar-refractivity contribution in [1.82, 2.24) is 4.98 Å². The molecule has 0 bridgehead atoms. The van der Waals surface area contributed by atoms with Gasteiger partial charge in [0.25, 0.3) is 0 Å². The number of rotatable bonds is 18. The van der Waals surface area contributed by atoms with Gasteiger partial charge < -0.3 is 4.74 Å². The highest BCUT2D eigenvalue weighted by molar-refractivity contribution is 5.69. The van der Waals surface area contributed by atoms with Gasteiger partial charge in [0.1, 0.15) is 6.61 Å². The van der Waals surface area contributed by atoms with Crippen molar-refractivity contribution in [2.24, 2.45) is 5.92 Å². The predicted molar refractivity (Wildman–Crippen MR) is 118 cm³/mol. The van der Waals surface area contributed by atoms with E-state index in [4.69, 9.17) is 4.74 Å². The van der Waals surface area contributed by atoms with Gasteiger partial charge in [-0.1, -0.05) is 103 Å². The number of hydrogen-bond donors (Lipinski definition) is 0. The zero-order valence-corrected chi connectivity index (χ0v) is 18.5. The van der Waals surface area contributed by atoms with Gasteiger partial charge in [-0.2, -0.15) is 0 Å². The standard InChI is InChI=1S/C25H43NO2/c1-3-4-5-6-9-12-16-23(2)17-13-10-7-8-11-14-19-25(27)28-22-24-18-15-20-26-21-24/h15,18,20-21,23H,3-14,16-17,19,22H2,1-2H3. The minimum absolute atomic E-state index is 0.0904. The van der Waals surface area contributed by atoms with E-state index in [-0.39, 0.29) is 5.97 Å². The average molecular weight is 390 g/mol. The summed E-state index contributed by atoms with van der Waals surface area (Å²) in [4.78, 5) is 15.8. The Morgan fingerprint density at radius 1 is 0.929 bits per heavy atom. The van der Waals surface area contributed by atoms with Crippen LogP contribution in [0, 0.1) is 5.92 Å². The van der Waals surface area contributed by atoms with E-state index in [1.807, 2.05) is 12.1 Å². The molecule has 0 fully saturated rings. The fourth-order valence-electron chi connectivity index (χ4n) is 3.61. The molecule has 0 N–H and O–H groups in total. The van der Waals surface area contributed by atoms with E-state index in [2.05, 4.69) is 18.8 Å². The van der Waals surface area contributed by atoms with E-state index < -0.39 is 0 Å². The lowest BCUT2D eigenvalue weighted by Gasteiger charge is -2.11. The van der Waals surface area contributed by atoms with Crippen molar-refractivity contribution in [2.45, 2.75) is 117 Å². The van der Waals surface area contributed by atoms with Crippen LogP contribution in [0.5, 0.6) is 0 Å². The molecule has 1 aromatic rings. The summed E-state index contributed by atoms with van der Waals surface area (Å²) in [7, 11) is 0. The molecule has 3 nitrogen and oxygen atoms in total. The summed E-state index contributed by atoms with van der Waals surface area (Å²) in [6.07, 6.45) is 22.6. The van der Waals surface area contributed by atoms with Crippen LogP contribution < -0.4 is 0 Å². The van der Waals surface area contributed by atoms with Crippen LogP contribution in [0.4, 0.5) is 0 Å². The molecular weight excluding hydrogens is 346 g/mol. The third-order valence-electron chi connectivity index (χ3n) is 5.50.